The number of aliphatic hydroxyl groups is 1. The molecule has 0 bridgehead atoms. The van der Waals surface area contributed by atoms with E-state index >= 15 is 0 Å². The molecule has 1 aromatic rings. The number of benzene rings is 1. The number of fused-ring (bicyclic) bond motifs is 5. The molecule has 0 saturated heterocycles. The Morgan fingerprint density at radius 2 is 1.70 bits per heavy atom. The highest BCUT2D eigenvalue weighted by molar-refractivity contribution is 5.66. The van der Waals surface area contributed by atoms with Crippen LogP contribution in [0.5, 0.6) is 0 Å². The van der Waals surface area contributed by atoms with Gasteiger partial charge >= 0.3 is 5.97 Å². The number of rotatable bonds is 6. The molecule has 0 aromatic heterocycles. The van der Waals surface area contributed by atoms with Crippen molar-refractivity contribution < 1.29 is 14.6 Å². The Morgan fingerprint density at radius 1 is 1.00 bits per heavy atom. The topological polar surface area (TPSA) is 46.5 Å². The molecule has 10 atom stereocenters. The van der Waals surface area contributed by atoms with Gasteiger partial charge in [0.1, 0.15) is 11.7 Å². The molecular weight excluding hydrogens is 492 g/mol. The van der Waals surface area contributed by atoms with E-state index in [1.54, 1.807) is 0 Å². The average Bonchev–Trinajstić information content (AvgIpc) is 3.25. The number of hydrogen-bond donors (Lipinski definition) is 1. The SMILES string of the molecule is CC(=O)O[C@H]1CC[C@@]2(C)C(C1)CC(O)(C#Cc1ccccc1)C1C3CCC(C(C)CCCC(C)C)C3(C)CCC12. The first-order valence-electron chi connectivity index (χ1n) is 16.4. The molecule has 3 nitrogen and oxygen atoms in total. The van der Waals surface area contributed by atoms with Gasteiger partial charge in [-0.1, -0.05) is 83.9 Å². The van der Waals surface area contributed by atoms with Gasteiger partial charge in [-0.2, -0.15) is 0 Å². The first-order chi connectivity index (χ1) is 19.0. The second-order valence-corrected chi connectivity index (χ2v) is 15.2. The third-order valence-electron chi connectivity index (χ3n) is 12.4. The molecule has 1 aromatic carbocycles. The van der Waals surface area contributed by atoms with Crippen LogP contribution in [0.3, 0.4) is 0 Å². The van der Waals surface area contributed by atoms with Crippen molar-refractivity contribution in [3.8, 4) is 11.8 Å². The molecule has 3 heteroatoms. The fourth-order valence-corrected chi connectivity index (χ4v) is 10.4. The van der Waals surface area contributed by atoms with E-state index in [1.807, 2.05) is 30.3 Å². The molecule has 4 aliphatic rings. The van der Waals surface area contributed by atoms with Crippen LogP contribution in [0.15, 0.2) is 30.3 Å². The molecule has 40 heavy (non-hydrogen) atoms. The van der Waals surface area contributed by atoms with Crippen LogP contribution in [0.25, 0.3) is 0 Å². The Balaban J connectivity index is 1.47. The van der Waals surface area contributed by atoms with Gasteiger partial charge in [-0.25, -0.2) is 0 Å². The fraction of sp³-hybridized carbons (Fsp3) is 0.757. The highest BCUT2D eigenvalue weighted by Crippen LogP contribution is 2.70. The Bertz CT molecular complexity index is 1100. The Kier molecular flexibility index (Phi) is 8.52. The van der Waals surface area contributed by atoms with E-state index in [0.29, 0.717) is 24.2 Å². The van der Waals surface area contributed by atoms with Crippen LogP contribution in [0, 0.1) is 64.1 Å². The lowest BCUT2D eigenvalue weighted by Gasteiger charge is -2.64. The summed E-state index contributed by atoms with van der Waals surface area (Å²) < 4.78 is 5.73. The predicted octanol–water partition coefficient (Wildman–Crippen LogP) is 8.43. The van der Waals surface area contributed by atoms with Crippen LogP contribution >= 0.6 is 0 Å². The normalized spacial score (nSPS) is 41.2. The van der Waals surface area contributed by atoms with E-state index in [2.05, 4.69) is 46.5 Å². The van der Waals surface area contributed by atoms with Crippen molar-refractivity contribution >= 4 is 5.97 Å². The van der Waals surface area contributed by atoms with Gasteiger partial charge in [-0.15, -0.1) is 0 Å². The van der Waals surface area contributed by atoms with Crippen molar-refractivity contribution in [1.29, 1.82) is 0 Å². The van der Waals surface area contributed by atoms with Crippen molar-refractivity contribution in [2.24, 2.45) is 52.3 Å². The monoisotopic (exact) mass is 546 g/mol. The molecule has 0 amide bonds. The van der Waals surface area contributed by atoms with E-state index < -0.39 is 5.60 Å². The van der Waals surface area contributed by atoms with Gasteiger partial charge in [0.05, 0.1) is 0 Å². The van der Waals surface area contributed by atoms with Crippen molar-refractivity contribution in [3.63, 3.8) is 0 Å². The summed E-state index contributed by atoms with van der Waals surface area (Å²) in [6.07, 6.45) is 12.5. The third-order valence-corrected chi connectivity index (χ3v) is 12.4. The first kappa shape index (κ1) is 29.7. The summed E-state index contributed by atoms with van der Waals surface area (Å²) in [6, 6.07) is 10.2. The number of ether oxygens (including phenoxy) is 1. The predicted molar refractivity (Wildman–Crippen MR) is 162 cm³/mol. The smallest absolute Gasteiger partial charge is 0.302 e. The first-order valence-corrected chi connectivity index (χ1v) is 16.4. The van der Waals surface area contributed by atoms with Crippen LogP contribution in [0.1, 0.15) is 118 Å². The van der Waals surface area contributed by atoms with E-state index in [1.165, 1.54) is 51.9 Å². The summed E-state index contributed by atoms with van der Waals surface area (Å²) in [5, 5.41) is 12.8. The van der Waals surface area contributed by atoms with Gasteiger partial charge in [0.25, 0.3) is 0 Å². The number of carbonyl (C=O) groups excluding carboxylic acids is 1. The van der Waals surface area contributed by atoms with Crippen molar-refractivity contribution in [2.45, 2.75) is 124 Å². The largest absolute Gasteiger partial charge is 0.463 e. The van der Waals surface area contributed by atoms with Crippen molar-refractivity contribution in [1.82, 2.24) is 0 Å². The Hall–Kier alpha value is -1.79. The van der Waals surface area contributed by atoms with Crippen LogP contribution in [0.4, 0.5) is 0 Å². The number of esters is 1. The minimum Gasteiger partial charge on any atom is -0.463 e. The maximum absolute atomic E-state index is 12.8. The number of carbonyl (C=O) groups is 1. The van der Waals surface area contributed by atoms with E-state index in [0.717, 1.165) is 42.6 Å². The zero-order valence-electron chi connectivity index (χ0n) is 26.0. The molecule has 5 rings (SSSR count). The lowest BCUT2D eigenvalue weighted by molar-refractivity contribution is -0.202. The van der Waals surface area contributed by atoms with Gasteiger partial charge in [-0.05, 0) is 110 Å². The quantitative estimate of drug-likeness (QED) is 0.288. The molecule has 0 aliphatic heterocycles. The minimum absolute atomic E-state index is 0.0325. The summed E-state index contributed by atoms with van der Waals surface area (Å²) in [6.45, 7) is 13.8. The molecular formula is C37H54O3. The van der Waals surface area contributed by atoms with E-state index in [9.17, 15) is 9.90 Å². The molecule has 4 fully saturated rings. The molecule has 220 valence electrons. The lowest BCUT2D eigenvalue weighted by Crippen LogP contribution is -2.63. The zero-order chi connectivity index (χ0) is 28.7. The standard InChI is InChI=1S/C37H54O3/c1-25(2)11-10-12-26(3)31-15-16-32-34-33(19-21-36(31,32)6)35(5)20-18-30(40-27(4)38)23-29(35)24-37(34,39)22-17-28-13-8-7-9-14-28/h7-9,13-14,25-26,29-34,39H,10-12,15-16,18-21,23-24H2,1-6H3/t26?,29?,30-,31?,32?,33?,34?,35-,36?,37?/m0/s1. The molecule has 0 radical (unpaired) electrons. The van der Waals surface area contributed by atoms with Gasteiger partial charge < -0.3 is 9.84 Å². The van der Waals surface area contributed by atoms with Gasteiger partial charge in [-0.3, -0.25) is 4.79 Å². The minimum atomic E-state index is -1.01. The zero-order valence-corrected chi connectivity index (χ0v) is 26.0. The van der Waals surface area contributed by atoms with E-state index in [4.69, 9.17) is 4.74 Å². The van der Waals surface area contributed by atoms with Crippen LogP contribution in [0.2, 0.25) is 0 Å². The second-order valence-electron chi connectivity index (χ2n) is 15.2. The summed E-state index contributed by atoms with van der Waals surface area (Å²) in [4.78, 5) is 11.8. The molecule has 1 N–H and O–H groups in total. The van der Waals surface area contributed by atoms with Crippen LogP contribution in [-0.4, -0.2) is 22.8 Å². The third kappa shape index (κ3) is 5.52. The molecule has 4 saturated carbocycles. The summed E-state index contributed by atoms with van der Waals surface area (Å²) >= 11 is 0. The lowest BCUT2D eigenvalue weighted by atomic mass is 9.41. The summed E-state index contributed by atoms with van der Waals surface area (Å²) in [7, 11) is 0. The van der Waals surface area contributed by atoms with Crippen molar-refractivity contribution in [2.75, 3.05) is 0 Å². The number of hydrogen-bond acceptors (Lipinski definition) is 3. The maximum Gasteiger partial charge on any atom is 0.302 e. The molecule has 0 heterocycles. The highest BCUT2D eigenvalue weighted by Gasteiger charge is 2.66. The molecule has 8 unspecified atom stereocenters. The van der Waals surface area contributed by atoms with Gasteiger partial charge in [0, 0.05) is 18.4 Å². The summed E-state index contributed by atoms with van der Waals surface area (Å²) in [5.41, 5.74) is 0.414. The van der Waals surface area contributed by atoms with Crippen LogP contribution < -0.4 is 0 Å². The van der Waals surface area contributed by atoms with Gasteiger partial charge in [0.15, 0.2) is 0 Å². The average molecular weight is 547 g/mol. The van der Waals surface area contributed by atoms with E-state index in [-0.39, 0.29) is 28.8 Å². The van der Waals surface area contributed by atoms with Crippen LogP contribution in [-0.2, 0) is 9.53 Å². The van der Waals surface area contributed by atoms with Gasteiger partial charge in [0.2, 0.25) is 0 Å². The molecule has 4 aliphatic carbocycles. The Labute approximate surface area is 244 Å². The Morgan fingerprint density at radius 3 is 2.40 bits per heavy atom. The fourth-order valence-electron chi connectivity index (χ4n) is 10.4. The summed E-state index contributed by atoms with van der Waals surface area (Å²) in [5.74, 6) is 10.5. The highest BCUT2D eigenvalue weighted by atomic mass is 16.5. The van der Waals surface area contributed by atoms with Crippen molar-refractivity contribution in [3.05, 3.63) is 35.9 Å². The second kappa shape index (κ2) is 11.5. The maximum atomic E-state index is 12.8. The molecule has 0 spiro atoms.